The van der Waals surface area contributed by atoms with Gasteiger partial charge in [-0.25, -0.2) is 17.9 Å². The Morgan fingerprint density at radius 1 is 1.37 bits per heavy atom. The van der Waals surface area contributed by atoms with Crippen molar-refractivity contribution < 1.29 is 22.7 Å². The Kier molecular flexibility index (Phi) is 5.28. The molecule has 0 saturated heterocycles. The lowest BCUT2D eigenvalue weighted by atomic mass is 10.2. The molecule has 8 heteroatoms. The molecule has 0 saturated carbocycles. The minimum absolute atomic E-state index is 0.0205. The summed E-state index contributed by atoms with van der Waals surface area (Å²) < 4.78 is 35.4. The highest BCUT2D eigenvalue weighted by molar-refractivity contribution is 7.89. The molecule has 1 aromatic rings. The highest BCUT2D eigenvalue weighted by Crippen LogP contribution is 2.20. The van der Waals surface area contributed by atoms with E-state index in [4.69, 9.17) is 10.5 Å². The number of esters is 1. The molecule has 7 nitrogen and oxygen atoms in total. The maximum Gasteiger partial charge on any atom is 0.337 e. The van der Waals surface area contributed by atoms with Gasteiger partial charge in [-0.05, 0) is 18.2 Å². The molecule has 0 aromatic heterocycles. The van der Waals surface area contributed by atoms with Crippen molar-refractivity contribution in [3.63, 3.8) is 0 Å². The Morgan fingerprint density at radius 2 is 2.05 bits per heavy atom. The third-order valence-electron chi connectivity index (χ3n) is 2.32. The van der Waals surface area contributed by atoms with Crippen molar-refractivity contribution in [3.8, 4) is 0 Å². The zero-order valence-corrected chi connectivity index (χ0v) is 11.5. The molecule has 0 aliphatic heterocycles. The largest absolute Gasteiger partial charge is 0.465 e. The monoisotopic (exact) mass is 288 g/mol. The van der Waals surface area contributed by atoms with Gasteiger partial charge in [-0.15, -0.1) is 0 Å². The number of carbonyl (C=O) groups excluding carboxylic acids is 1. The smallest absolute Gasteiger partial charge is 0.337 e. The number of hydrogen-bond donors (Lipinski definition) is 2. The first-order valence-corrected chi connectivity index (χ1v) is 6.87. The van der Waals surface area contributed by atoms with E-state index in [0.29, 0.717) is 0 Å². The predicted molar refractivity (Wildman–Crippen MR) is 69.3 cm³/mol. The van der Waals surface area contributed by atoms with E-state index < -0.39 is 16.0 Å². The van der Waals surface area contributed by atoms with Gasteiger partial charge in [0.05, 0.1) is 25.0 Å². The second kappa shape index (κ2) is 6.50. The lowest BCUT2D eigenvalue weighted by molar-refractivity contribution is 0.0600. The maximum absolute atomic E-state index is 11.9. The zero-order chi connectivity index (χ0) is 14.5. The Morgan fingerprint density at radius 3 is 2.58 bits per heavy atom. The van der Waals surface area contributed by atoms with Crippen LogP contribution in [0.3, 0.4) is 0 Å². The third kappa shape index (κ3) is 3.91. The molecule has 3 N–H and O–H groups in total. The summed E-state index contributed by atoms with van der Waals surface area (Å²) in [4.78, 5) is 11.2. The Hall–Kier alpha value is -1.64. The molecule has 1 aromatic carbocycles. The van der Waals surface area contributed by atoms with Crippen LogP contribution >= 0.6 is 0 Å². The van der Waals surface area contributed by atoms with Gasteiger partial charge in [0.15, 0.2) is 0 Å². The van der Waals surface area contributed by atoms with Gasteiger partial charge in [-0.3, -0.25) is 0 Å². The van der Waals surface area contributed by atoms with Gasteiger partial charge >= 0.3 is 5.97 Å². The fraction of sp³-hybridized carbons (Fsp3) is 0.364. The van der Waals surface area contributed by atoms with E-state index in [1.807, 2.05) is 0 Å². The first kappa shape index (κ1) is 15.4. The lowest BCUT2D eigenvalue weighted by Crippen LogP contribution is -2.28. The highest BCUT2D eigenvalue weighted by atomic mass is 32.2. The molecule has 0 aliphatic rings. The minimum atomic E-state index is -3.72. The van der Waals surface area contributed by atoms with Crippen LogP contribution < -0.4 is 10.5 Å². The van der Waals surface area contributed by atoms with Crippen LogP contribution in [0.4, 0.5) is 5.69 Å². The summed E-state index contributed by atoms with van der Waals surface area (Å²) in [5.74, 6) is -0.581. The summed E-state index contributed by atoms with van der Waals surface area (Å²) in [6.07, 6.45) is 0. The number of ether oxygens (including phenoxy) is 2. The van der Waals surface area contributed by atoms with Crippen molar-refractivity contribution in [1.29, 1.82) is 0 Å². The molecule has 19 heavy (non-hydrogen) atoms. The van der Waals surface area contributed by atoms with Crippen LogP contribution in [-0.4, -0.2) is 41.8 Å². The zero-order valence-electron chi connectivity index (χ0n) is 10.7. The first-order valence-electron chi connectivity index (χ1n) is 5.39. The molecule has 0 bridgehead atoms. The molecule has 0 spiro atoms. The van der Waals surface area contributed by atoms with Gasteiger partial charge in [-0.1, -0.05) is 0 Å². The number of nitrogens with one attached hydrogen (secondary N) is 1. The predicted octanol–water partition coefficient (Wildman–Crippen LogP) is -0.0199. The number of sulfonamides is 1. The molecule has 0 aliphatic carbocycles. The number of carbonyl (C=O) groups is 1. The van der Waals surface area contributed by atoms with E-state index in [-0.39, 0.29) is 29.3 Å². The van der Waals surface area contributed by atoms with Crippen LogP contribution in [0.2, 0.25) is 0 Å². The van der Waals surface area contributed by atoms with Crippen LogP contribution in [0, 0.1) is 0 Å². The number of anilines is 1. The fourth-order valence-electron chi connectivity index (χ4n) is 1.39. The SMILES string of the molecule is COCCNS(=O)(=O)c1ccc(C(=O)OC)cc1N. The Labute approximate surface area is 111 Å². The van der Waals surface area contributed by atoms with E-state index in [2.05, 4.69) is 9.46 Å². The van der Waals surface area contributed by atoms with Crippen LogP contribution in [0.25, 0.3) is 0 Å². The average molecular weight is 288 g/mol. The lowest BCUT2D eigenvalue weighted by Gasteiger charge is -2.09. The summed E-state index contributed by atoms with van der Waals surface area (Å²) in [5.41, 5.74) is 5.82. The van der Waals surface area contributed by atoms with Crippen molar-refractivity contribution in [2.75, 3.05) is 33.1 Å². The standard InChI is InChI=1S/C11H16N2O5S/c1-17-6-5-13-19(15,16)10-4-3-8(7-9(10)12)11(14)18-2/h3-4,7,13H,5-6,12H2,1-2H3. The van der Waals surface area contributed by atoms with Crippen molar-refractivity contribution in [2.45, 2.75) is 4.90 Å². The summed E-state index contributed by atoms with van der Waals surface area (Å²) in [7, 11) is -1.02. The van der Waals surface area contributed by atoms with Gasteiger partial charge in [0, 0.05) is 13.7 Å². The van der Waals surface area contributed by atoms with Gasteiger partial charge in [-0.2, -0.15) is 0 Å². The van der Waals surface area contributed by atoms with Crippen LogP contribution in [-0.2, 0) is 19.5 Å². The molecule has 0 atom stereocenters. The third-order valence-corrected chi connectivity index (χ3v) is 3.85. The summed E-state index contributed by atoms with van der Waals surface area (Å²) in [6.45, 7) is 0.385. The first-order chi connectivity index (χ1) is 8.92. The molecule has 0 unspecified atom stereocenters. The molecule has 0 fully saturated rings. The maximum atomic E-state index is 11.9. The molecule has 0 radical (unpaired) electrons. The number of hydrogen-bond acceptors (Lipinski definition) is 6. The molecule has 1 rings (SSSR count). The quantitative estimate of drug-likeness (QED) is 0.433. The summed E-state index contributed by atoms with van der Waals surface area (Å²) in [5, 5.41) is 0. The topological polar surface area (TPSA) is 108 Å². The minimum Gasteiger partial charge on any atom is -0.465 e. The van der Waals surface area contributed by atoms with Crippen LogP contribution in [0.5, 0.6) is 0 Å². The fourth-order valence-corrected chi connectivity index (χ4v) is 2.52. The number of benzene rings is 1. The van der Waals surface area contributed by atoms with Gasteiger partial charge < -0.3 is 15.2 Å². The van der Waals surface area contributed by atoms with Crippen molar-refractivity contribution >= 4 is 21.7 Å². The van der Waals surface area contributed by atoms with Gasteiger partial charge in [0.2, 0.25) is 10.0 Å². The number of methoxy groups -OCH3 is 2. The molecule has 0 amide bonds. The van der Waals surface area contributed by atoms with E-state index in [1.54, 1.807) is 0 Å². The van der Waals surface area contributed by atoms with E-state index in [0.717, 1.165) is 0 Å². The number of nitrogens with two attached hydrogens (primary N) is 1. The average Bonchev–Trinajstić information content (AvgIpc) is 2.37. The van der Waals surface area contributed by atoms with Crippen molar-refractivity contribution in [3.05, 3.63) is 23.8 Å². The number of rotatable bonds is 6. The van der Waals surface area contributed by atoms with E-state index >= 15 is 0 Å². The second-order valence-corrected chi connectivity index (χ2v) is 5.37. The van der Waals surface area contributed by atoms with Gasteiger partial charge in [0.25, 0.3) is 0 Å². The van der Waals surface area contributed by atoms with Crippen LogP contribution in [0.15, 0.2) is 23.1 Å². The molecular formula is C11H16N2O5S. The normalized spacial score (nSPS) is 11.3. The number of nitrogen functional groups attached to an aromatic ring is 1. The molecular weight excluding hydrogens is 272 g/mol. The van der Waals surface area contributed by atoms with Gasteiger partial charge in [0.1, 0.15) is 4.90 Å². The van der Waals surface area contributed by atoms with E-state index in [9.17, 15) is 13.2 Å². The van der Waals surface area contributed by atoms with Crippen LogP contribution in [0.1, 0.15) is 10.4 Å². The van der Waals surface area contributed by atoms with Crippen molar-refractivity contribution in [1.82, 2.24) is 4.72 Å². The summed E-state index contributed by atoms with van der Waals surface area (Å²) >= 11 is 0. The summed E-state index contributed by atoms with van der Waals surface area (Å²) in [6, 6.07) is 3.86. The van der Waals surface area contributed by atoms with Crippen molar-refractivity contribution in [2.24, 2.45) is 0 Å². The Bertz CT molecular complexity index is 556. The molecule has 106 valence electrons. The molecule has 0 heterocycles. The second-order valence-electron chi connectivity index (χ2n) is 3.63. The van der Waals surface area contributed by atoms with E-state index in [1.165, 1.54) is 32.4 Å². The Balaban J connectivity index is 2.99. The highest BCUT2D eigenvalue weighted by Gasteiger charge is 2.18.